The number of halogens is 2. The van der Waals surface area contributed by atoms with Crippen molar-refractivity contribution in [3.05, 3.63) is 34.1 Å². The Hall–Kier alpha value is -0.410. The lowest BCUT2D eigenvalue weighted by atomic mass is 9.54. The van der Waals surface area contributed by atoms with E-state index in [1.165, 1.54) is 0 Å². The topological polar surface area (TPSA) is 12.0 Å². The first-order valence-electron chi connectivity index (χ1n) is 6.15. The third-order valence-electron chi connectivity index (χ3n) is 4.51. The zero-order valence-electron chi connectivity index (χ0n) is 10.6. The van der Waals surface area contributed by atoms with Gasteiger partial charge >= 0.3 is 0 Å². The molecular weight excluding hydrogens is 281 g/mol. The van der Waals surface area contributed by atoms with E-state index < -0.39 is 0 Å². The summed E-state index contributed by atoms with van der Waals surface area (Å²) in [5.41, 5.74) is 1.03. The van der Waals surface area contributed by atoms with E-state index in [2.05, 4.69) is 35.1 Å². The summed E-state index contributed by atoms with van der Waals surface area (Å²) in [7, 11) is 1.99. The molecule has 3 atom stereocenters. The Morgan fingerprint density at radius 3 is 2.76 bits per heavy atom. The SMILES string of the molecule is CCC1(C)C(NC)CC1c1ccc(Br)cc1F. The predicted octanol–water partition coefficient (Wildman–Crippen LogP) is 4.08. The van der Waals surface area contributed by atoms with E-state index in [0.29, 0.717) is 12.0 Å². The maximum absolute atomic E-state index is 14.0. The molecule has 0 aromatic heterocycles. The lowest BCUT2D eigenvalue weighted by Gasteiger charge is -2.54. The lowest BCUT2D eigenvalue weighted by Crippen LogP contribution is -2.55. The summed E-state index contributed by atoms with van der Waals surface area (Å²) < 4.78 is 14.8. The molecule has 1 saturated carbocycles. The zero-order valence-corrected chi connectivity index (χ0v) is 12.1. The molecule has 1 fully saturated rings. The van der Waals surface area contributed by atoms with Gasteiger partial charge < -0.3 is 5.32 Å². The van der Waals surface area contributed by atoms with E-state index in [1.807, 2.05) is 19.2 Å². The summed E-state index contributed by atoms with van der Waals surface area (Å²) >= 11 is 3.30. The average molecular weight is 300 g/mol. The van der Waals surface area contributed by atoms with E-state index in [-0.39, 0.29) is 11.2 Å². The standard InChI is InChI=1S/C14H19BrFN/c1-4-14(2)11(8-13(14)17-3)10-6-5-9(15)7-12(10)16/h5-7,11,13,17H,4,8H2,1-3H3. The van der Waals surface area contributed by atoms with Crippen molar-refractivity contribution in [3.8, 4) is 0 Å². The van der Waals surface area contributed by atoms with Gasteiger partial charge in [0, 0.05) is 10.5 Å². The molecule has 1 aliphatic rings. The van der Waals surface area contributed by atoms with Crippen molar-refractivity contribution >= 4 is 15.9 Å². The minimum atomic E-state index is -0.0846. The minimum absolute atomic E-state index is 0.0846. The molecule has 3 unspecified atom stereocenters. The van der Waals surface area contributed by atoms with E-state index in [0.717, 1.165) is 22.9 Å². The van der Waals surface area contributed by atoms with E-state index >= 15 is 0 Å². The Kier molecular flexibility index (Phi) is 3.60. The third-order valence-corrected chi connectivity index (χ3v) is 5.00. The first-order valence-corrected chi connectivity index (χ1v) is 6.94. The Labute approximate surface area is 111 Å². The number of hydrogen-bond acceptors (Lipinski definition) is 1. The fourth-order valence-corrected chi connectivity index (χ4v) is 3.40. The number of benzene rings is 1. The van der Waals surface area contributed by atoms with Crippen LogP contribution in [0.1, 0.15) is 38.2 Å². The Morgan fingerprint density at radius 2 is 2.24 bits per heavy atom. The van der Waals surface area contributed by atoms with Crippen LogP contribution in [-0.2, 0) is 0 Å². The van der Waals surface area contributed by atoms with Crippen LogP contribution in [0.4, 0.5) is 4.39 Å². The molecule has 0 heterocycles. The summed E-state index contributed by atoms with van der Waals surface area (Å²) in [5, 5.41) is 3.34. The van der Waals surface area contributed by atoms with E-state index in [4.69, 9.17) is 0 Å². The first kappa shape index (κ1) is 13.0. The molecule has 0 amide bonds. The van der Waals surface area contributed by atoms with Crippen LogP contribution in [0.5, 0.6) is 0 Å². The van der Waals surface area contributed by atoms with Gasteiger partial charge in [0.15, 0.2) is 0 Å². The van der Waals surface area contributed by atoms with Crippen LogP contribution >= 0.6 is 15.9 Å². The van der Waals surface area contributed by atoms with Crippen molar-refractivity contribution < 1.29 is 4.39 Å². The molecule has 2 rings (SSSR count). The van der Waals surface area contributed by atoms with Gasteiger partial charge in [0.2, 0.25) is 0 Å². The molecule has 94 valence electrons. The fraction of sp³-hybridized carbons (Fsp3) is 0.571. The molecule has 1 aromatic carbocycles. The van der Waals surface area contributed by atoms with Gasteiger partial charge in [0.05, 0.1) is 0 Å². The molecule has 0 aliphatic heterocycles. The van der Waals surface area contributed by atoms with Crippen molar-refractivity contribution in [2.75, 3.05) is 7.05 Å². The van der Waals surface area contributed by atoms with Crippen LogP contribution in [-0.4, -0.2) is 13.1 Å². The van der Waals surface area contributed by atoms with Gasteiger partial charge in [-0.15, -0.1) is 0 Å². The van der Waals surface area contributed by atoms with Gasteiger partial charge in [-0.2, -0.15) is 0 Å². The molecule has 1 N–H and O–H groups in total. The second-order valence-corrected chi connectivity index (χ2v) is 6.07. The van der Waals surface area contributed by atoms with Gasteiger partial charge in [-0.1, -0.05) is 35.8 Å². The quantitative estimate of drug-likeness (QED) is 0.887. The van der Waals surface area contributed by atoms with Crippen LogP contribution < -0.4 is 5.32 Å². The highest BCUT2D eigenvalue weighted by Crippen LogP contribution is 2.55. The number of rotatable bonds is 3. The summed E-state index contributed by atoms with van der Waals surface area (Å²) in [6, 6.07) is 5.92. The van der Waals surface area contributed by atoms with E-state index in [1.54, 1.807) is 6.07 Å². The van der Waals surface area contributed by atoms with Gasteiger partial charge in [0.25, 0.3) is 0 Å². The highest BCUT2D eigenvalue weighted by atomic mass is 79.9. The summed E-state index contributed by atoms with van der Waals surface area (Å²) in [5.74, 6) is 0.247. The van der Waals surface area contributed by atoms with Crippen molar-refractivity contribution in [1.82, 2.24) is 5.32 Å². The van der Waals surface area contributed by atoms with Crippen LogP contribution in [0.25, 0.3) is 0 Å². The Balaban J connectivity index is 2.30. The van der Waals surface area contributed by atoms with Gasteiger partial charge in [0.1, 0.15) is 5.82 Å². The normalized spacial score (nSPS) is 32.3. The van der Waals surface area contributed by atoms with Gasteiger partial charge in [-0.05, 0) is 48.9 Å². The highest BCUT2D eigenvalue weighted by Gasteiger charge is 2.50. The summed E-state index contributed by atoms with van der Waals surface area (Å²) in [4.78, 5) is 0. The third kappa shape index (κ3) is 2.04. The molecule has 0 radical (unpaired) electrons. The smallest absolute Gasteiger partial charge is 0.127 e. The van der Waals surface area contributed by atoms with Crippen molar-refractivity contribution in [2.24, 2.45) is 5.41 Å². The maximum atomic E-state index is 14.0. The molecule has 1 aliphatic carbocycles. The molecule has 17 heavy (non-hydrogen) atoms. The maximum Gasteiger partial charge on any atom is 0.127 e. The molecule has 1 aromatic rings. The van der Waals surface area contributed by atoms with Crippen LogP contribution in [0.3, 0.4) is 0 Å². The Morgan fingerprint density at radius 1 is 1.53 bits per heavy atom. The number of nitrogens with one attached hydrogen (secondary N) is 1. The highest BCUT2D eigenvalue weighted by molar-refractivity contribution is 9.10. The molecular formula is C14H19BrFN. The van der Waals surface area contributed by atoms with Crippen LogP contribution in [0.2, 0.25) is 0 Å². The van der Waals surface area contributed by atoms with Crippen LogP contribution in [0.15, 0.2) is 22.7 Å². The molecule has 0 spiro atoms. The van der Waals surface area contributed by atoms with Crippen molar-refractivity contribution in [3.63, 3.8) is 0 Å². The predicted molar refractivity (Wildman–Crippen MR) is 72.7 cm³/mol. The minimum Gasteiger partial charge on any atom is -0.316 e. The molecule has 3 heteroatoms. The zero-order chi connectivity index (χ0) is 12.6. The fourth-order valence-electron chi connectivity index (χ4n) is 3.06. The van der Waals surface area contributed by atoms with Gasteiger partial charge in [-0.3, -0.25) is 0 Å². The Bertz CT molecular complexity index is 421. The summed E-state index contributed by atoms with van der Waals surface area (Å²) in [6.45, 7) is 4.44. The van der Waals surface area contributed by atoms with Gasteiger partial charge in [-0.25, -0.2) is 4.39 Å². The number of hydrogen-bond donors (Lipinski definition) is 1. The van der Waals surface area contributed by atoms with E-state index in [9.17, 15) is 4.39 Å². The van der Waals surface area contributed by atoms with Crippen molar-refractivity contribution in [2.45, 2.75) is 38.6 Å². The van der Waals surface area contributed by atoms with Crippen LogP contribution in [0, 0.1) is 11.2 Å². The molecule has 0 bridgehead atoms. The first-order chi connectivity index (χ1) is 8.02. The molecule has 0 saturated heterocycles. The second-order valence-electron chi connectivity index (χ2n) is 5.15. The second kappa shape index (κ2) is 4.69. The average Bonchev–Trinajstić information content (AvgIpc) is 2.30. The largest absolute Gasteiger partial charge is 0.316 e. The molecule has 1 nitrogen and oxygen atoms in total. The summed E-state index contributed by atoms with van der Waals surface area (Å²) in [6.07, 6.45) is 2.10. The monoisotopic (exact) mass is 299 g/mol. The lowest BCUT2D eigenvalue weighted by molar-refractivity contribution is 0.0474. The van der Waals surface area contributed by atoms with Crippen molar-refractivity contribution in [1.29, 1.82) is 0 Å².